The molecule has 8 heteroatoms. The van der Waals surface area contributed by atoms with E-state index in [0.717, 1.165) is 12.1 Å². The van der Waals surface area contributed by atoms with Crippen molar-refractivity contribution < 1.29 is 23.2 Å². The van der Waals surface area contributed by atoms with Crippen LogP contribution in [0.5, 0.6) is 0 Å². The van der Waals surface area contributed by atoms with E-state index < -0.39 is 35.7 Å². The van der Waals surface area contributed by atoms with Gasteiger partial charge < -0.3 is 15.2 Å². The highest BCUT2D eigenvalue weighted by atomic mass is 19.1. The highest BCUT2D eigenvalue weighted by Gasteiger charge is 2.25. The summed E-state index contributed by atoms with van der Waals surface area (Å²) in [6, 6.07) is 3.23. The SMILES string of the molecule is CCN(CC(=O)Nc1c(F)cccc1F)C(=O)c1[nH]c(C)c(C(C)=O)c1C. The van der Waals surface area contributed by atoms with Crippen LogP contribution >= 0.6 is 0 Å². The summed E-state index contributed by atoms with van der Waals surface area (Å²) in [6.07, 6.45) is 0. The first kappa shape index (κ1) is 20.3. The van der Waals surface area contributed by atoms with Gasteiger partial charge in [0.2, 0.25) is 5.91 Å². The van der Waals surface area contributed by atoms with Gasteiger partial charge in [-0.25, -0.2) is 8.78 Å². The summed E-state index contributed by atoms with van der Waals surface area (Å²) in [5, 5.41) is 2.15. The zero-order chi connectivity index (χ0) is 20.3. The molecule has 0 bridgehead atoms. The maximum atomic E-state index is 13.7. The number of nitrogens with one attached hydrogen (secondary N) is 2. The molecule has 1 heterocycles. The number of likely N-dealkylation sites (N-methyl/N-ethyl adjacent to an activating group) is 1. The van der Waals surface area contributed by atoms with Crippen LogP contribution < -0.4 is 5.32 Å². The molecule has 0 saturated heterocycles. The number of rotatable bonds is 6. The van der Waals surface area contributed by atoms with E-state index in [9.17, 15) is 23.2 Å². The number of para-hydroxylation sites is 1. The van der Waals surface area contributed by atoms with Gasteiger partial charge >= 0.3 is 0 Å². The Bertz CT molecular complexity index is 886. The highest BCUT2D eigenvalue weighted by molar-refractivity contribution is 6.04. The second kappa shape index (κ2) is 8.11. The summed E-state index contributed by atoms with van der Waals surface area (Å²) >= 11 is 0. The van der Waals surface area contributed by atoms with Crippen LogP contribution in [0, 0.1) is 25.5 Å². The molecule has 1 aromatic heterocycles. The molecule has 0 radical (unpaired) electrons. The third kappa shape index (κ3) is 4.21. The van der Waals surface area contributed by atoms with Crippen LogP contribution in [-0.2, 0) is 4.79 Å². The van der Waals surface area contributed by atoms with E-state index in [2.05, 4.69) is 10.3 Å². The Morgan fingerprint density at radius 1 is 1.15 bits per heavy atom. The Morgan fingerprint density at radius 2 is 1.74 bits per heavy atom. The molecule has 2 rings (SSSR count). The molecule has 0 aliphatic carbocycles. The monoisotopic (exact) mass is 377 g/mol. The second-order valence-electron chi connectivity index (χ2n) is 6.15. The average Bonchev–Trinajstić information content (AvgIpc) is 2.90. The Hall–Kier alpha value is -3.03. The fourth-order valence-corrected chi connectivity index (χ4v) is 2.95. The molecule has 0 saturated carbocycles. The van der Waals surface area contributed by atoms with Crippen molar-refractivity contribution in [1.82, 2.24) is 9.88 Å². The van der Waals surface area contributed by atoms with Gasteiger partial charge in [0.1, 0.15) is 29.6 Å². The zero-order valence-corrected chi connectivity index (χ0v) is 15.6. The van der Waals surface area contributed by atoms with E-state index in [1.54, 1.807) is 20.8 Å². The first-order valence-electron chi connectivity index (χ1n) is 8.40. The number of ketones is 1. The summed E-state index contributed by atoms with van der Waals surface area (Å²) in [4.78, 5) is 40.8. The third-order valence-electron chi connectivity index (χ3n) is 4.23. The minimum atomic E-state index is -0.903. The fraction of sp³-hybridized carbons (Fsp3) is 0.316. The molecule has 0 aliphatic rings. The lowest BCUT2D eigenvalue weighted by molar-refractivity contribution is -0.116. The number of amides is 2. The number of aryl methyl sites for hydroxylation is 1. The van der Waals surface area contributed by atoms with Gasteiger partial charge in [-0.05, 0) is 45.4 Å². The van der Waals surface area contributed by atoms with E-state index in [1.807, 2.05) is 0 Å². The molecule has 6 nitrogen and oxygen atoms in total. The third-order valence-corrected chi connectivity index (χ3v) is 4.23. The van der Waals surface area contributed by atoms with Crippen molar-refractivity contribution in [3.8, 4) is 0 Å². The van der Waals surface area contributed by atoms with Gasteiger partial charge in [-0.15, -0.1) is 0 Å². The first-order chi connectivity index (χ1) is 12.7. The molecule has 1 aromatic carbocycles. The maximum Gasteiger partial charge on any atom is 0.271 e. The lowest BCUT2D eigenvalue weighted by atomic mass is 10.1. The molecular formula is C19H21F2N3O3. The minimum absolute atomic E-state index is 0.170. The number of Topliss-reactive ketones (excluding diaryl/α,β-unsaturated/α-hetero) is 1. The lowest BCUT2D eigenvalue weighted by Crippen LogP contribution is -2.38. The smallest absolute Gasteiger partial charge is 0.271 e. The van der Waals surface area contributed by atoms with Crippen molar-refractivity contribution in [1.29, 1.82) is 0 Å². The predicted octanol–water partition coefficient (Wildman–Crippen LogP) is 3.21. The zero-order valence-electron chi connectivity index (χ0n) is 15.6. The van der Waals surface area contributed by atoms with Crippen molar-refractivity contribution in [2.24, 2.45) is 0 Å². The summed E-state index contributed by atoms with van der Waals surface area (Å²) in [6.45, 7) is 6.22. The Kier molecular flexibility index (Phi) is 6.09. The number of hydrogen-bond acceptors (Lipinski definition) is 3. The van der Waals surface area contributed by atoms with Crippen LogP contribution in [0.4, 0.5) is 14.5 Å². The van der Waals surface area contributed by atoms with Crippen LogP contribution in [0.15, 0.2) is 18.2 Å². The minimum Gasteiger partial charge on any atom is -0.354 e. The number of carbonyl (C=O) groups excluding carboxylic acids is 3. The number of aromatic nitrogens is 1. The number of carbonyl (C=O) groups is 3. The molecule has 0 unspecified atom stereocenters. The van der Waals surface area contributed by atoms with Crippen LogP contribution in [0.3, 0.4) is 0 Å². The topological polar surface area (TPSA) is 82.3 Å². The number of benzene rings is 1. The Labute approximate surface area is 155 Å². The van der Waals surface area contributed by atoms with Crippen molar-refractivity contribution >= 4 is 23.3 Å². The molecule has 27 heavy (non-hydrogen) atoms. The van der Waals surface area contributed by atoms with Gasteiger partial charge in [-0.3, -0.25) is 14.4 Å². The van der Waals surface area contributed by atoms with Gasteiger partial charge in [0.05, 0.1) is 0 Å². The van der Waals surface area contributed by atoms with Gasteiger partial charge in [-0.1, -0.05) is 6.07 Å². The van der Waals surface area contributed by atoms with Gasteiger partial charge in [0.25, 0.3) is 5.91 Å². The molecule has 2 N–H and O–H groups in total. The van der Waals surface area contributed by atoms with E-state index in [-0.39, 0.29) is 18.0 Å². The predicted molar refractivity (Wildman–Crippen MR) is 96.8 cm³/mol. The first-order valence-corrected chi connectivity index (χ1v) is 8.40. The van der Waals surface area contributed by atoms with Crippen LogP contribution in [0.2, 0.25) is 0 Å². The Morgan fingerprint density at radius 3 is 2.22 bits per heavy atom. The number of halogens is 2. The van der Waals surface area contributed by atoms with E-state index >= 15 is 0 Å². The van der Waals surface area contributed by atoms with Gasteiger partial charge in [-0.2, -0.15) is 0 Å². The number of nitrogens with zero attached hydrogens (tertiary/aromatic N) is 1. The quantitative estimate of drug-likeness (QED) is 0.759. The molecular weight excluding hydrogens is 356 g/mol. The number of anilines is 1. The summed E-state index contributed by atoms with van der Waals surface area (Å²) < 4.78 is 27.3. The molecule has 0 fully saturated rings. The van der Waals surface area contributed by atoms with Crippen LogP contribution in [-0.4, -0.2) is 40.6 Å². The molecule has 144 valence electrons. The van der Waals surface area contributed by atoms with Crippen molar-refractivity contribution in [3.63, 3.8) is 0 Å². The largest absolute Gasteiger partial charge is 0.354 e. The number of aromatic amines is 1. The lowest BCUT2D eigenvalue weighted by Gasteiger charge is -2.20. The van der Waals surface area contributed by atoms with Crippen molar-refractivity contribution in [2.45, 2.75) is 27.7 Å². The average molecular weight is 377 g/mol. The standard InChI is InChI=1S/C19H21F2N3O3/c1-5-24(9-15(26)23-18-13(20)7-6-8-14(18)21)19(27)17-10(2)16(12(4)25)11(3)22-17/h6-8,22H,5,9H2,1-4H3,(H,23,26). The Balaban J connectivity index is 2.20. The summed E-state index contributed by atoms with van der Waals surface area (Å²) in [7, 11) is 0. The number of hydrogen-bond donors (Lipinski definition) is 2. The molecule has 0 atom stereocenters. The fourth-order valence-electron chi connectivity index (χ4n) is 2.95. The van der Waals surface area contributed by atoms with Crippen LogP contribution in [0.25, 0.3) is 0 Å². The molecule has 2 amide bonds. The van der Waals surface area contributed by atoms with Crippen molar-refractivity contribution in [2.75, 3.05) is 18.4 Å². The molecule has 2 aromatic rings. The highest BCUT2D eigenvalue weighted by Crippen LogP contribution is 2.21. The second-order valence-corrected chi connectivity index (χ2v) is 6.15. The number of H-pyrrole nitrogens is 1. The summed E-state index contributed by atoms with van der Waals surface area (Å²) in [5.74, 6) is -3.19. The van der Waals surface area contributed by atoms with E-state index in [0.29, 0.717) is 16.8 Å². The van der Waals surface area contributed by atoms with Crippen LogP contribution in [0.1, 0.15) is 46.0 Å². The molecule has 0 spiro atoms. The van der Waals surface area contributed by atoms with Gasteiger partial charge in [0, 0.05) is 17.8 Å². The van der Waals surface area contributed by atoms with E-state index in [4.69, 9.17) is 0 Å². The van der Waals surface area contributed by atoms with Gasteiger partial charge in [0.15, 0.2) is 5.78 Å². The normalized spacial score (nSPS) is 10.6. The summed E-state index contributed by atoms with van der Waals surface area (Å²) in [5.41, 5.74) is 1.16. The van der Waals surface area contributed by atoms with Crippen molar-refractivity contribution in [3.05, 3.63) is 52.3 Å². The molecule has 0 aliphatic heterocycles. The van der Waals surface area contributed by atoms with E-state index in [1.165, 1.54) is 17.9 Å². The maximum absolute atomic E-state index is 13.7.